The van der Waals surface area contributed by atoms with Crippen LogP contribution in [0.4, 0.5) is 10.8 Å². The number of anilines is 1. The number of thiazole rings is 1. The quantitative estimate of drug-likeness (QED) is 0.496. The van der Waals surface area contributed by atoms with Crippen LogP contribution in [0.15, 0.2) is 24.3 Å². The predicted octanol–water partition coefficient (Wildman–Crippen LogP) is 3.57. The number of nitro benzene ring substituents is 1. The van der Waals surface area contributed by atoms with E-state index in [1.807, 2.05) is 6.07 Å². The molecule has 1 fully saturated rings. The SMILES string of the molecule is O=[N+]([O-])c1cccc(-c2nc(NS)sc2CN2CCCC2)c1. The first-order chi connectivity index (χ1) is 10.7. The summed E-state index contributed by atoms with van der Waals surface area (Å²) in [6.45, 7) is 3.01. The number of aromatic nitrogens is 1. The van der Waals surface area contributed by atoms with Gasteiger partial charge in [-0.1, -0.05) is 36.3 Å². The summed E-state index contributed by atoms with van der Waals surface area (Å²) < 4.78 is 2.77. The first-order valence-corrected chi connectivity index (χ1v) is 8.31. The molecule has 116 valence electrons. The number of non-ortho nitro benzene ring substituents is 1. The third-order valence-corrected chi connectivity index (χ3v) is 5.01. The van der Waals surface area contributed by atoms with Gasteiger partial charge in [-0.25, -0.2) is 4.98 Å². The minimum Gasteiger partial charge on any atom is -0.308 e. The molecular weight excluding hydrogens is 320 g/mol. The molecule has 0 unspecified atom stereocenters. The van der Waals surface area contributed by atoms with E-state index in [0.29, 0.717) is 5.13 Å². The Bertz CT molecular complexity index is 683. The number of nitrogens with zero attached hydrogens (tertiary/aromatic N) is 3. The van der Waals surface area contributed by atoms with Gasteiger partial charge in [-0.05, 0) is 25.9 Å². The Morgan fingerprint density at radius 2 is 2.18 bits per heavy atom. The zero-order valence-electron chi connectivity index (χ0n) is 11.9. The molecular formula is C14H16N4O2S2. The van der Waals surface area contributed by atoms with Crippen LogP contribution in [0.3, 0.4) is 0 Å². The molecule has 0 aliphatic carbocycles. The first-order valence-electron chi connectivity index (χ1n) is 7.04. The number of thiol groups is 1. The van der Waals surface area contributed by atoms with Crippen LogP contribution >= 0.6 is 24.2 Å². The highest BCUT2D eigenvalue weighted by molar-refractivity contribution is 7.82. The van der Waals surface area contributed by atoms with Gasteiger partial charge in [-0.3, -0.25) is 15.0 Å². The highest BCUT2D eigenvalue weighted by atomic mass is 32.1. The van der Waals surface area contributed by atoms with Crippen molar-refractivity contribution in [1.29, 1.82) is 0 Å². The minimum atomic E-state index is -0.381. The minimum absolute atomic E-state index is 0.0815. The molecule has 0 bridgehead atoms. The van der Waals surface area contributed by atoms with Gasteiger partial charge in [-0.2, -0.15) is 0 Å². The van der Waals surface area contributed by atoms with E-state index in [2.05, 4.69) is 27.4 Å². The highest BCUT2D eigenvalue weighted by Gasteiger charge is 2.19. The van der Waals surface area contributed by atoms with Crippen molar-refractivity contribution in [3.63, 3.8) is 0 Å². The van der Waals surface area contributed by atoms with Crippen molar-refractivity contribution in [3.05, 3.63) is 39.3 Å². The van der Waals surface area contributed by atoms with Gasteiger partial charge < -0.3 is 4.72 Å². The molecule has 1 aliphatic rings. The molecule has 0 amide bonds. The zero-order chi connectivity index (χ0) is 15.5. The normalized spacial score (nSPS) is 15.1. The van der Waals surface area contributed by atoms with Crippen LogP contribution in [0.25, 0.3) is 11.3 Å². The molecule has 0 spiro atoms. The van der Waals surface area contributed by atoms with Crippen LogP contribution in [0.2, 0.25) is 0 Å². The van der Waals surface area contributed by atoms with Crippen LogP contribution in [0.1, 0.15) is 17.7 Å². The van der Waals surface area contributed by atoms with Crippen LogP contribution in [0, 0.1) is 10.1 Å². The predicted molar refractivity (Wildman–Crippen MR) is 91.3 cm³/mol. The van der Waals surface area contributed by atoms with Crippen LogP contribution < -0.4 is 4.72 Å². The lowest BCUT2D eigenvalue weighted by atomic mass is 10.1. The Balaban J connectivity index is 1.95. The summed E-state index contributed by atoms with van der Waals surface area (Å²) in [5, 5.41) is 11.7. The fourth-order valence-corrected chi connectivity index (χ4v) is 3.75. The lowest BCUT2D eigenvalue weighted by Gasteiger charge is -2.13. The molecule has 1 N–H and O–H groups in total. The molecule has 2 aromatic rings. The lowest BCUT2D eigenvalue weighted by molar-refractivity contribution is -0.384. The van der Waals surface area contributed by atoms with Crippen molar-refractivity contribution < 1.29 is 4.92 Å². The fourth-order valence-electron chi connectivity index (χ4n) is 2.64. The van der Waals surface area contributed by atoms with E-state index in [4.69, 9.17) is 0 Å². The standard InChI is InChI=1S/C14H16N4O2S2/c19-18(20)11-5-3-4-10(8-11)13-12(22-14(15-13)16-21)9-17-6-1-2-7-17/h3-5,8,21H,1-2,6-7,9H2,(H,15,16). The molecule has 1 aliphatic heterocycles. The molecule has 6 nitrogen and oxygen atoms in total. The summed E-state index contributed by atoms with van der Waals surface area (Å²) in [6, 6.07) is 6.62. The molecule has 8 heteroatoms. The second kappa shape index (κ2) is 6.64. The summed E-state index contributed by atoms with van der Waals surface area (Å²) in [4.78, 5) is 18.6. The van der Waals surface area contributed by atoms with Crippen molar-refractivity contribution in [3.8, 4) is 11.3 Å². The second-order valence-electron chi connectivity index (χ2n) is 5.19. The van der Waals surface area contributed by atoms with E-state index >= 15 is 0 Å². The topological polar surface area (TPSA) is 71.3 Å². The fraction of sp³-hybridized carbons (Fsp3) is 0.357. The van der Waals surface area contributed by atoms with E-state index in [9.17, 15) is 10.1 Å². The number of rotatable bonds is 5. The smallest absolute Gasteiger partial charge is 0.270 e. The van der Waals surface area contributed by atoms with E-state index in [0.717, 1.165) is 35.8 Å². The van der Waals surface area contributed by atoms with Gasteiger partial charge in [-0.15, -0.1) is 0 Å². The summed E-state index contributed by atoms with van der Waals surface area (Å²) in [5.74, 6) is 0. The molecule has 0 atom stereocenters. The van der Waals surface area contributed by atoms with Gasteiger partial charge in [0.1, 0.15) is 0 Å². The van der Waals surface area contributed by atoms with Crippen molar-refractivity contribution in [2.45, 2.75) is 19.4 Å². The number of nitrogens with one attached hydrogen (secondary N) is 1. The maximum absolute atomic E-state index is 11.0. The van der Waals surface area contributed by atoms with Crippen molar-refractivity contribution >= 4 is 35.0 Å². The summed E-state index contributed by atoms with van der Waals surface area (Å²) in [6.07, 6.45) is 2.45. The van der Waals surface area contributed by atoms with E-state index < -0.39 is 0 Å². The molecule has 22 heavy (non-hydrogen) atoms. The van der Waals surface area contributed by atoms with Gasteiger partial charge in [0.05, 0.1) is 10.6 Å². The maximum atomic E-state index is 11.0. The molecule has 1 aromatic carbocycles. The van der Waals surface area contributed by atoms with E-state index in [1.165, 1.54) is 18.9 Å². The highest BCUT2D eigenvalue weighted by Crippen LogP contribution is 2.34. The monoisotopic (exact) mass is 336 g/mol. The largest absolute Gasteiger partial charge is 0.308 e. The molecule has 0 radical (unpaired) electrons. The van der Waals surface area contributed by atoms with Gasteiger partial charge >= 0.3 is 0 Å². The average molecular weight is 336 g/mol. The molecule has 3 rings (SSSR count). The molecule has 0 saturated carbocycles. The first kappa shape index (κ1) is 15.3. The second-order valence-corrected chi connectivity index (χ2v) is 6.50. The third kappa shape index (κ3) is 3.23. The Morgan fingerprint density at radius 3 is 2.86 bits per heavy atom. The number of hydrogen-bond acceptors (Lipinski definition) is 7. The zero-order valence-corrected chi connectivity index (χ0v) is 13.6. The summed E-state index contributed by atoms with van der Waals surface area (Å²) in [7, 11) is 0. The molecule has 2 heterocycles. The third-order valence-electron chi connectivity index (χ3n) is 3.69. The van der Waals surface area contributed by atoms with Gasteiger partial charge in [0, 0.05) is 29.1 Å². The van der Waals surface area contributed by atoms with E-state index in [1.54, 1.807) is 23.5 Å². The van der Waals surface area contributed by atoms with Crippen LogP contribution in [0.5, 0.6) is 0 Å². The van der Waals surface area contributed by atoms with Crippen molar-refractivity contribution in [1.82, 2.24) is 9.88 Å². The Morgan fingerprint density at radius 1 is 1.41 bits per heavy atom. The number of nitro groups is 1. The van der Waals surface area contributed by atoms with Gasteiger partial charge in [0.2, 0.25) is 0 Å². The Hall–Kier alpha value is -1.64. The van der Waals surface area contributed by atoms with E-state index in [-0.39, 0.29) is 10.6 Å². The van der Waals surface area contributed by atoms with Crippen molar-refractivity contribution in [2.24, 2.45) is 0 Å². The van der Waals surface area contributed by atoms with Gasteiger partial charge in [0.15, 0.2) is 5.13 Å². The number of likely N-dealkylation sites (tertiary alicyclic amines) is 1. The lowest BCUT2D eigenvalue weighted by Crippen LogP contribution is -2.18. The average Bonchev–Trinajstić information content (AvgIpc) is 3.17. The van der Waals surface area contributed by atoms with Gasteiger partial charge in [0.25, 0.3) is 5.69 Å². The summed E-state index contributed by atoms with van der Waals surface area (Å²) >= 11 is 5.61. The molecule has 1 saturated heterocycles. The molecule has 1 aromatic heterocycles. The Kier molecular flexibility index (Phi) is 4.60. The Labute approximate surface area is 137 Å². The maximum Gasteiger partial charge on any atom is 0.270 e. The number of benzene rings is 1. The number of hydrogen-bond donors (Lipinski definition) is 2. The van der Waals surface area contributed by atoms with Crippen molar-refractivity contribution in [2.75, 3.05) is 17.8 Å². The van der Waals surface area contributed by atoms with Crippen LogP contribution in [-0.2, 0) is 6.54 Å². The van der Waals surface area contributed by atoms with Crippen LogP contribution in [-0.4, -0.2) is 27.9 Å². The summed E-state index contributed by atoms with van der Waals surface area (Å²) in [5.41, 5.74) is 1.66.